The number of hydrogen-bond donors (Lipinski definition) is 2. The molecular weight excluding hydrogens is 403 g/mol. The second kappa shape index (κ2) is 6.56. The van der Waals surface area contributed by atoms with Crippen LogP contribution in [-0.2, 0) is 14.9 Å². The smallest absolute Gasteiger partial charge is 0.342 e. The first-order valence-electron chi connectivity index (χ1n) is 11.0. The van der Waals surface area contributed by atoms with E-state index >= 15 is 4.39 Å². The van der Waals surface area contributed by atoms with E-state index in [4.69, 9.17) is 9.47 Å². The Labute approximate surface area is 181 Å². The average Bonchev–Trinajstić information content (AvgIpc) is 3.28. The van der Waals surface area contributed by atoms with Crippen LogP contribution in [0.25, 0.3) is 0 Å². The molecule has 8 heteroatoms. The number of halogens is 1. The molecule has 0 bridgehead atoms. The lowest BCUT2D eigenvalue weighted by atomic mass is 9.46. The van der Waals surface area contributed by atoms with Gasteiger partial charge in [0, 0.05) is 35.7 Å². The number of ether oxygens (including phenoxy) is 2. The van der Waals surface area contributed by atoms with Crippen molar-refractivity contribution in [3.63, 3.8) is 0 Å². The van der Waals surface area contributed by atoms with Crippen molar-refractivity contribution in [1.82, 2.24) is 4.90 Å². The van der Waals surface area contributed by atoms with Gasteiger partial charge in [0.15, 0.2) is 0 Å². The largest absolute Gasteiger partial charge is 0.497 e. The number of aliphatic hydroxyl groups is 2. The fourth-order valence-corrected chi connectivity index (χ4v) is 7.78. The lowest BCUT2D eigenvalue weighted by molar-refractivity contribution is -0.244. The highest BCUT2D eigenvalue weighted by Gasteiger charge is 2.80. The van der Waals surface area contributed by atoms with Crippen LogP contribution in [0.3, 0.4) is 0 Å². The topological polar surface area (TPSA) is 82.5 Å². The van der Waals surface area contributed by atoms with Gasteiger partial charge in [-0.05, 0) is 50.9 Å². The van der Waals surface area contributed by atoms with Gasteiger partial charge in [-0.25, -0.2) is 9.18 Å². The number of fused-ring (bicyclic) bond motifs is 1. The van der Waals surface area contributed by atoms with Gasteiger partial charge in [0.05, 0.1) is 20.3 Å². The van der Waals surface area contributed by atoms with Gasteiger partial charge in [-0.2, -0.15) is 0 Å². The number of carbonyl (C=O) groups excluding carboxylic acids is 1. The first-order valence-corrected chi connectivity index (χ1v) is 11.0. The van der Waals surface area contributed by atoms with Crippen molar-refractivity contribution in [3.05, 3.63) is 23.8 Å². The predicted octanol–water partition coefficient (Wildman–Crippen LogP) is 1.24. The van der Waals surface area contributed by atoms with Gasteiger partial charge < -0.3 is 24.6 Å². The van der Waals surface area contributed by atoms with Gasteiger partial charge in [-0.15, -0.1) is 0 Å². The van der Waals surface area contributed by atoms with Crippen molar-refractivity contribution in [1.29, 1.82) is 0 Å². The van der Waals surface area contributed by atoms with Gasteiger partial charge in [0.25, 0.3) is 0 Å². The lowest BCUT2D eigenvalue weighted by Gasteiger charge is -2.64. The number of carbonyl (C=O) groups is 1. The highest BCUT2D eigenvalue weighted by atomic mass is 19.1. The van der Waals surface area contributed by atoms with Crippen molar-refractivity contribution in [3.8, 4) is 5.75 Å². The maximum atomic E-state index is 15.6. The molecule has 5 rings (SSSR count). The van der Waals surface area contributed by atoms with E-state index in [1.807, 2.05) is 30.1 Å². The SMILES string of the molecule is COC(=O)[C@]1(O)C2N(C)c3cc(OC)ccc3[C@@]23CCN2CCC[C@@](C(C)F)([C@H]1O)[C@H]23. The summed E-state index contributed by atoms with van der Waals surface area (Å²) in [4.78, 5) is 17.3. The summed E-state index contributed by atoms with van der Waals surface area (Å²) in [5.41, 5.74) is -2.49. The van der Waals surface area contributed by atoms with Crippen molar-refractivity contribution < 1.29 is 28.9 Å². The number of rotatable bonds is 3. The number of aliphatic hydroxyl groups excluding tert-OH is 1. The summed E-state index contributed by atoms with van der Waals surface area (Å²) in [5.74, 6) is -0.259. The average molecular weight is 435 g/mol. The van der Waals surface area contributed by atoms with E-state index in [0.717, 1.165) is 24.3 Å². The molecule has 7 atom stereocenters. The summed E-state index contributed by atoms with van der Waals surface area (Å²) in [6.45, 7) is 2.98. The number of piperidine rings is 1. The third-order valence-electron chi connectivity index (χ3n) is 8.79. The van der Waals surface area contributed by atoms with E-state index in [1.165, 1.54) is 14.0 Å². The molecule has 4 aliphatic rings. The molecule has 1 aliphatic carbocycles. The molecular formula is C23H31FN2O5. The Morgan fingerprint density at radius 3 is 2.65 bits per heavy atom. The molecule has 1 saturated carbocycles. The minimum atomic E-state index is -2.28. The molecule has 31 heavy (non-hydrogen) atoms. The zero-order valence-corrected chi connectivity index (χ0v) is 18.5. The van der Waals surface area contributed by atoms with Crippen LogP contribution in [0.2, 0.25) is 0 Å². The van der Waals surface area contributed by atoms with Crippen molar-refractivity contribution in [2.75, 3.05) is 39.3 Å². The molecule has 7 nitrogen and oxygen atoms in total. The summed E-state index contributed by atoms with van der Waals surface area (Å²) in [7, 11) is 4.60. The van der Waals surface area contributed by atoms with Gasteiger partial charge >= 0.3 is 5.97 Å². The van der Waals surface area contributed by atoms with E-state index in [1.54, 1.807) is 7.11 Å². The van der Waals surface area contributed by atoms with Crippen LogP contribution in [0, 0.1) is 5.41 Å². The molecule has 1 aromatic rings. The number of alkyl halides is 1. The van der Waals surface area contributed by atoms with Crippen LogP contribution < -0.4 is 9.64 Å². The summed E-state index contributed by atoms with van der Waals surface area (Å²) >= 11 is 0. The molecule has 1 aromatic carbocycles. The second-order valence-corrected chi connectivity index (χ2v) is 9.68. The van der Waals surface area contributed by atoms with Crippen LogP contribution in [0.5, 0.6) is 5.75 Å². The molecule has 0 radical (unpaired) electrons. The molecule has 3 aliphatic heterocycles. The third kappa shape index (κ3) is 2.16. The molecule has 1 spiro atoms. The minimum Gasteiger partial charge on any atom is -0.497 e. The highest BCUT2D eigenvalue weighted by molar-refractivity contribution is 5.86. The standard InChI is InChI=1S/C23H31FN2O5/c1-13(24)21-8-5-10-26-11-9-22(17(21)26)15-7-6-14(30-3)12-16(15)25(2)18(22)23(29,19(21)27)20(28)31-4/h6-7,12-13,17-19,27,29H,5,8-11H2,1-4H3/t13?,17-,18?,19+,21-,22+,23-/m0/s1. The van der Waals surface area contributed by atoms with Crippen LogP contribution in [0.15, 0.2) is 18.2 Å². The minimum absolute atomic E-state index is 0.337. The maximum Gasteiger partial charge on any atom is 0.342 e. The van der Waals surface area contributed by atoms with Gasteiger partial charge in [-0.1, -0.05) is 6.07 Å². The fourth-order valence-electron chi connectivity index (χ4n) is 7.78. The zero-order valence-electron chi connectivity index (χ0n) is 18.5. The maximum absolute atomic E-state index is 15.6. The summed E-state index contributed by atoms with van der Waals surface area (Å²) < 4.78 is 26.1. The third-order valence-corrected chi connectivity index (χ3v) is 8.79. The first-order chi connectivity index (χ1) is 14.7. The molecule has 2 saturated heterocycles. The summed E-state index contributed by atoms with van der Waals surface area (Å²) in [5, 5.41) is 23.7. The van der Waals surface area contributed by atoms with Crippen molar-refractivity contribution in [2.24, 2.45) is 5.41 Å². The monoisotopic (exact) mass is 434 g/mol. The Morgan fingerprint density at radius 2 is 2.00 bits per heavy atom. The number of likely N-dealkylation sites (N-methyl/N-ethyl adjacent to an activating group) is 1. The van der Waals surface area contributed by atoms with Crippen molar-refractivity contribution >= 4 is 11.7 Å². The molecule has 0 amide bonds. The summed E-state index contributed by atoms with van der Waals surface area (Å²) in [6, 6.07) is 4.61. The molecule has 170 valence electrons. The Balaban J connectivity index is 1.85. The van der Waals surface area contributed by atoms with Crippen LogP contribution in [0.1, 0.15) is 31.7 Å². The number of benzene rings is 1. The summed E-state index contributed by atoms with van der Waals surface area (Å²) in [6.07, 6.45) is -1.27. The highest BCUT2D eigenvalue weighted by Crippen LogP contribution is 2.68. The first kappa shape index (κ1) is 21.0. The Kier molecular flexibility index (Phi) is 4.44. The molecule has 2 N–H and O–H groups in total. The van der Waals surface area contributed by atoms with E-state index in [9.17, 15) is 15.0 Å². The zero-order chi connectivity index (χ0) is 22.3. The van der Waals surface area contributed by atoms with E-state index in [-0.39, 0.29) is 6.04 Å². The molecule has 3 fully saturated rings. The lowest BCUT2D eigenvalue weighted by Crippen LogP contribution is -2.82. The fraction of sp³-hybridized carbons (Fsp3) is 0.696. The van der Waals surface area contributed by atoms with Gasteiger partial charge in [0.1, 0.15) is 18.0 Å². The number of methoxy groups -OCH3 is 2. The van der Waals surface area contributed by atoms with Crippen LogP contribution in [-0.4, -0.2) is 85.4 Å². The molecule has 0 aromatic heterocycles. The molecule has 3 heterocycles. The molecule has 2 unspecified atom stereocenters. The number of nitrogens with zero attached hydrogens (tertiary/aromatic N) is 2. The number of esters is 1. The quantitative estimate of drug-likeness (QED) is 0.693. The van der Waals surface area contributed by atoms with Crippen LogP contribution in [0.4, 0.5) is 10.1 Å². The van der Waals surface area contributed by atoms with E-state index in [0.29, 0.717) is 25.0 Å². The van der Waals surface area contributed by atoms with Crippen LogP contribution >= 0.6 is 0 Å². The Morgan fingerprint density at radius 1 is 1.26 bits per heavy atom. The predicted molar refractivity (Wildman–Crippen MR) is 112 cm³/mol. The number of hydrogen-bond acceptors (Lipinski definition) is 7. The van der Waals surface area contributed by atoms with Gasteiger partial charge in [0.2, 0.25) is 5.60 Å². The van der Waals surface area contributed by atoms with E-state index < -0.39 is 40.7 Å². The normalized spacial score (nSPS) is 41.9. The van der Waals surface area contributed by atoms with E-state index in [2.05, 4.69) is 4.90 Å². The Bertz CT molecular complexity index is 927. The van der Waals surface area contributed by atoms with Gasteiger partial charge in [-0.3, -0.25) is 4.90 Å². The second-order valence-electron chi connectivity index (χ2n) is 9.68. The van der Waals surface area contributed by atoms with Crippen molar-refractivity contribution in [2.45, 2.75) is 61.6 Å². The number of anilines is 1. The Hall–Kier alpha value is -1.90.